The van der Waals surface area contributed by atoms with Crippen LogP contribution in [0.1, 0.15) is 83.1 Å². The topological polar surface area (TPSA) is 139 Å². The van der Waals surface area contributed by atoms with Gasteiger partial charge in [0.2, 0.25) is 0 Å². The molecule has 0 rings (SSSR count). The van der Waals surface area contributed by atoms with E-state index in [9.17, 15) is 28.8 Å². The van der Waals surface area contributed by atoms with E-state index in [1.54, 1.807) is 0 Å². The number of hydrazine groups is 5. The first-order chi connectivity index (χ1) is 19.6. The van der Waals surface area contributed by atoms with Crippen molar-refractivity contribution in [3.05, 3.63) is 0 Å². The lowest BCUT2D eigenvalue weighted by Gasteiger charge is -2.55. The number of rotatable bonds is 23. The van der Waals surface area contributed by atoms with E-state index in [1.807, 2.05) is 83.1 Å². The Morgan fingerprint density at radius 1 is 0.357 bits per heavy atom. The van der Waals surface area contributed by atoms with Gasteiger partial charge in [0.1, 0.15) is 49.8 Å². The van der Waals surface area contributed by atoms with Gasteiger partial charge in [-0.2, -0.15) is 10.2 Å². The Labute approximate surface area is 252 Å². The lowest BCUT2D eigenvalue weighted by Crippen LogP contribution is -2.77. The van der Waals surface area contributed by atoms with E-state index in [0.29, 0.717) is 12.6 Å². The summed E-state index contributed by atoms with van der Waals surface area (Å²) in [5.41, 5.74) is 6.33. The molecule has 0 aromatic rings. The van der Waals surface area contributed by atoms with Crippen LogP contribution in [0.25, 0.3) is 0 Å². The van der Waals surface area contributed by atoms with Crippen LogP contribution < -0.4 is 10.9 Å². The van der Waals surface area contributed by atoms with Crippen molar-refractivity contribution in [2.75, 3.05) is 0 Å². The molecule has 0 aliphatic rings. The molecule has 0 aromatic carbocycles. The molecule has 0 heterocycles. The molecule has 0 spiro atoms. The third-order valence-electron chi connectivity index (χ3n) is 7.33. The zero-order valence-electron chi connectivity index (χ0n) is 27.6. The molecule has 0 saturated heterocycles. The minimum Gasteiger partial charge on any atom is -0.302 e. The molecular weight excluding hydrogens is 540 g/mol. The van der Waals surface area contributed by atoms with Crippen LogP contribution in [-0.4, -0.2) is 94.4 Å². The van der Waals surface area contributed by atoms with Gasteiger partial charge in [-0.25, -0.2) is 10.9 Å². The first kappa shape index (κ1) is 39.8. The molecule has 6 atom stereocenters. The lowest BCUT2D eigenvalue weighted by atomic mass is 10.0. The van der Waals surface area contributed by atoms with E-state index >= 15 is 0 Å². The summed E-state index contributed by atoms with van der Waals surface area (Å²) in [7, 11) is 0. The molecule has 0 bridgehead atoms. The number of aldehydes is 6. The van der Waals surface area contributed by atoms with Crippen LogP contribution in [0.2, 0.25) is 0 Å². The molecule has 0 fully saturated rings. The molecule has 42 heavy (non-hydrogen) atoms. The maximum atomic E-state index is 12.9. The van der Waals surface area contributed by atoms with Crippen LogP contribution in [-0.2, 0) is 28.8 Å². The molecule has 12 nitrogen and oxygen atoms in total. The Bertz CT molecular complexity index is 784. The Hall–Kier alpha value is -2.22. The van der Waals surface area contributed by atoms with Gasteiger partial charge in [0.25, 0.3) is 0 Å². The second-order valence-electron chi connectivity index (χ2n) is 12.9. The predicted molar refractivity (Wildman–Crippen MR) is 162 cm³/mol. The molecule has 0 radical (unpaired) electrons. The lowest BCUT2D eigenvalue weighted by molar-refractivity contribution is -0.355. The minimum absolute atomic E-state index is 0.200. The second kappa shape index (κ2) is 19.1. The van der Waals surface area contributed by atoms with Crippen LogP contribution in [0.4, 0.5) is 0 Å². The van der Waals surface area contributed by atoms with E-state index in [-0.39, 0.29) is 35.5 Å². The van der Waals surface area contributed by atoms with Crippen LogP contribution >= 0.6 is 0 Å². The van der Waals surface area contributed by atoms with Gasteiger partial charge in [-0.15, -0.1) is 10.2 Å². The Balaban J connectivity index is 8.09. The Morgan fingerprint density at radius 3 is 0.738 bits per heavy atom. The smallest absolute Gasteiger partial charge is 0.140 e. The van der Waals surface area contributed by atoms with Crippen LogP contribution in [0.5, 0.6) is 0 Å². The molecule has 12 heteroatoms. The van der Waals surface area contributed by atoms with Gasteiger partial charge in [0.05, 0.1) is 24.2 Å². The molecule has 0 aliphatic heterocycles. The molecule has 0 aliphatic carbocycles. The molecule has 0 saturated carbocycles. The maximum Gasteiger partial charge on any atom is 0.140 e. The quantitative estimate of drug-likeness (QED) is 0.132. The maximum absolute atomic E-state index is 12.9. The third-order valence-corrected chi connectivity index (χ3v) is 7.33. The second-order valence-corrected chi connectivity index (χ2v) is 12.9. The highest BCUT2D eigenvalue weighted by Gasteiger charge is 2.46. The van der Waals surface area contributed by atoms with Gasteiger partial charge in [-0.1, -0.05) is 83.1 Å². The average Bonchev–Trinajstić information content (AvgIpc) is 2.89. The van der Waals surface area contributed by atoms with Crippen molar-refractivity contribution in [1.29, 1.82) is 0 Å². The van der Waals surface area contributed by atoms with Crippen molar-refractivity contribution in [1.82, 2.24) is 31.3 Å². The number of nitrogens with one attached hydrogen (secondary N) is 2. The number of carbonyl (C=O) groups excluding carboxylic acids is 6. The van der Waals surface area contributed by atoms with Gasteiger partial charge in [-0.3, -0.25) is 0 Å². The zero-order chi connectivity index (χ0) is 32.9. The van der Waals surface area contributed by atoms with Crippen molar-refractivity contribution in [3.63, 3.8) is 0 Å². The molecule has 0 unspecified atom stereocenters. The van der Waals surface area contributed by atoms with E-state index < -0.39 is 36.3 Å². The first-order valence-corrected chi connectivity index (χ1v) is 15.0. The first-order valence-electron chi connectivity index (χ1n) is 15.0. The highest BCUT2D eigenvalue weighted by molar-refractivity contribution is 5.63. The summed E-state index contributed by atoms with van der Waals surface area (Å²) in [5, 5.41) is 5.83. The van der Waals surface area contributed by atoms with Gasteiger partial charge in [0, 0.05) is 0 Å². The van der Waals surface area contributed by atoms with Gasteiger partial charge < -0.3 is 28.8 Å². The Morgan fingerprint density at radius 2 is 0.595 bits per heavy atom. The summed E-state index contributed by atoms with van der Waals surface area (Å²) in [5.74, 6) is -1.73. The largest absolute Gasteiger partial charge is 0.302 e. The molecule has 0 aromatic heterocycles. The SMILES string of the molecule is CC(C)[C@@H](C=O)N(N[C@H](C=O)C(C)C)N([C@H](C=O)C(C)C)N([C@H](C=O)C(C)C)N(N[C@H](C=O)C(C)C)[C@H](C=O)C(C)C. The highest BCUT2D eigenvalue weighted by atomic mass is 16.2. The van der Waals surface area contributed by atoms with Crippen LogP contribution in [0.15, 0.2) is 0 Å². The van der Waals surface area contributed by atoms with Crippen LogP contribution in [0, 0.1) is 35.5 Å². The fraction of sp³-hybridized carbons (Fsp3) is 0.800. The fourth-order valence-electron chi connectivity index (χ4n) is 4.25. The number of hydrogen-bond donors (Lipinski definition) is 2. The molecule has 2 N–H and O–H groups in total. The van der Waals surface area contributed by atoms with Gasteiger partial charge in [0.15, 0.2) is 0 Å². The van der Waals surface area contributed by atoms with Gasteiger partial charge in [-0.05, 0) is 35.5 Å². The fourth-order valence-corrected chi connectivity index (χ4v) is 4.25. The standard InChI is InChI=1S/C30H56N6O6/c1-19(2)25(13-37)31-33(27(15-39)21(5)6)35(29(17-41)23(9)10)36(30(18-42)24(11)12)34(28(16-40)22(7)8)32-26(14-38)20(3)4/h13-32H,1-12H3/t25-,26-,27-,28-,29-,30-/m1/s1. The van der Waals surface area contributed by atoms with Gasteiger partial charge >= 0.3 is 0 Å². The summed E-state index contributed by atoms with van der Waals surface area (Å²) in [4.78, 5) is 75.6. The summed E-state index contributed by atoms with van der Waals surface area (Å²) in [6, 6.07) is -5.30. The monoisotopic (exact) mass is 596 g/mol. The van der Waals surface area contributed by atoms with E-state index in [1.165, 1.54) is 20.5 Å². The van der Waals surface area contributed by atoms with E-state index in [0.717, 1.165) is 25.1 Å². The average molecular weight is 597 g/mol. The third kappa shape index (κ3) is 10.5. The summed E-state index contributed by atoms with van der Waals surface area (Å²) < 4.78 is 0. The molecule has 242 valence electrons. The minimum atomic E-state index is -0.975. The van der Waals surface area contributed by atoms with E-state index in [2.05, 4.69) is 10.9 Å². The number of nitrogens with zero attached hydrogens (tertiary/aromatic N) is 4. The molecular formula is C30H56N6O6. The zero-order valence-corrected chi connectivity index (χ0v) is 27.6. The summed E-state index contributed by atoms with van der Waals surface area (Å²) in [6.45, 7) is 21.9. The van der Waals surface area contributed by atoms with Crippen LogP contribution in [0.3, 0.4) is 0 Å². The summed E-state index contributed by atoms with van der Waals surface area (Å²) in [6.07, 6.45) is 4.33. The normalized spacial score (nSPS) is 17.0. The van der Waals surface area contributed by atoms with Crippen molar-refractivity contribution < 1.29 is 28.8 Å². The predicted octanol–water partition coefficient (Wildman–Crippen LogP) is 2.29. The van der Waals surface area contributed by atoms with Crippen molar-refractivity contribution in [2.24, 2.45) is 35.5 Å². The summed E-state index contributed by atoms with van der Waals surface area (Å²) >= 11 is 0. The number of hydrogen-bond acceptors (Lipinski definition) is 12. The highest BCUT2D eigenvalue weighted by Crippen LogP contribution is 2.27. The van der Waals surface area contributed by atoms with E-state index in [4.69, 9.17) is 0 Å². The van der Waals surface area contributed by atoms with Crippen molar-refractivity contribution >= 4 is 37.7 Å². The number of carbonyl (C=O) groups is 6. The van der Waals surface area contributed by atoms with Crippen molar-refractivity contribution in [3.8, 4) is 0 Å². The van der Waals surface area contributed by atoms with Crippen molar-refractivity contribution in [2.45, 2.75) is 119 Å². The Kier molecular flexibility index (Phi) is 18.1. The molecule has 0 amide bonds.